The van der Waals surface area contributed by atoms with E-state index in [0.29, 0.717) is 19.3 Å². The molecule has 2 aromatic rings. The summed E-state index contributed by atoms with van der Waals surface area (Å²) in [5, 5.41) is 9.61. The van der Waals surface area contributed by atoms with Crippen LogP contribution in [0.1, 0.15) is 76.0 Å². The van der Waals surface area contributed by atoms with E-state index in [4.69, 9.17) is 19.3 Å². The van der Waals surface area contributed by atoms with Crippen LogP contribution in [0.25, 0.3) is 16.7 Å². The minimum absolute atomic E-state index is 0.326. The molecule has 178 valence electrons. The predicted octanol–water partition coefficient (Wildman–Crippen LogP) is 4.44. The highest BCUT2D eigenvalue weighted by Gasteiger charge is 2.48. The highest BCUT2D eigenvalue weighted by Crippen LogP contribution is 2.46. The van der Waals surface area contributed by atoms with Crippen molar-refractivity contribution >= 4 is 22.4 Å². The van der Waals surface area contributed by atoms with Crippen LogP contribution in [0, 0.1) is 6.92 Å². The van der Waals surface area contributed by atoms with Crippen molar-refractivity contribution in [3.63, 3.8) is 0 Å². The molecule has 1 saturated heterocycles. The average molecular weight is 454 g/mol. The number of nitrogens with zero attached hydrogens (tertiary/aromatic N) is 3. The summed E-state index contributed by atoms with van der Waals surface area (Å²) in [4.78, 5) is 11.2. The maximum atomic E-state index is 6.26. The largest absolute Gasteiger partial charge is 0.381 e. The number of fused-ring (bicyclic) bond motifs is 1. The van der Waals surface area contributed by atoms with Crippen LogP contribution in [0.4, 0.5) is 5.69 Å². The van der Waals surface area contributed by atoms with E-state index in [2.05, 4.69) is 35.8 Å². The van der Waals surface area contributed by atoms with Crippen molar-refractivity contribution in [3.8, 4) is 0 Å². The number of aromatic nitrogens is 3. The van der Waals surface area contributed by atoms with E-state index in [-0.39, 0.29) is 5.60 Å². The van der Waals surface area contributed by atoms with Gasteiger partial charge in [-0.1, -0.05) is 19.3 Å². The molecule has 2 aliphatic carbocycles. The summed E-state index contributed by atoms with van der Waals surface area (Å²) in [6.45, 7) is 6.39. The first-order chi connectivity index (χ1) is 16.1. The summed E-state index contributed by atoms with van der Waals surface area (Å²) in [6, 6.07) is 0.482. The van der Waals surface area contributed by atoms with Gasteiger partial charge in [0, 0.05) is 31.0 Å². The fourth-order valence-electron chi connectivity index (χ4n) is 6.05. The molecular formula is C25H35N5O3. The number of pyridine rings is 1. The molecule has 6 rings (SSSR count). The Morgan fingerprint density at radius 2 is 1.88 bits per heavy atom. The molecule has 0 unspecified atom stereocenters. The van der Waals surface area contributed by atoms with Crippen LogP contribution in [0.15, 0.2) is 12.3 Å². The first-order valence-electron chi connectivity index (χ1n) is 12.7. The molecule has 2 spiro atoms. The molecule has 0 aromatic carbocycles. The van der Waals surface area contributed by atoms with Gasteiger partial charge in [0.25, 0.3) is 0 Å². The standard InChI is InChI=1S/C25H35N5O3/c1-3-30-23-19(16-26-30)22(28-18-7-5-4-6-8-18)21(17(2)27-23)20-15-24(33-29-20)9-11-25(12-10-24)31-13-14-32-25/h15-16,18,29H,3-14H2,1-2H3,(H,27,28). The van der Waals surface area contributed by atoms with Gasteiger partial charge < -0.3 is 14.8 Å². The Labute approximate surface area is 195 Å². The molecule has 8 nitrogen and oxygen atoms in total. The number of anilines is 1. The zero-order valence-electron chi connectivity index (χ0n) is 19.8. The van der Waals surface area contributed by atoms with E-state index in [9.17, 15) is 0 Å². The highest BCUT2D eigenvalue weighted by molar-refractivity contribution is 5.97. The number of hydroxylamine groups is 1. The predicted molar refractivity (Wildman–Crippen MR) is 126 cm³/mol. The molecule has 2 aromatic heterocycles. The van der Waals surface area contributed by atoms with Gasteiger partial charge >= 0.3 is 0 Å². The Hall–Kier alpha value is -2.16. The van der Waals surface area contributed by atoms with Gasteiger partial charge in [-0.25, -0.2) is 9.67 Å². The monoisotopic (exact) mass is 453 g/mol. The van der Waals surface area contributed by atoms with Crippen LogP contribution in [-0.4, -0.2) is 45.4 Å². The average Bonchev–Trinajstić information content (AvgIpc) is 3.56. The van der Waals surface area contributed by atoms with Gasteiger partial charge in [0.05, 0.1) is 41.9 Å². The Kier molecular flexibility index (Phi) is 5.35. The second-order valence-electron chi connectivity index (χ2n) is 10.1. The number of rotatable bonds is 4. The lowest BCUT2D eigenvalue weighted by Gasteiger charge is -2.39. The third-order valence-electron chi connectivity index (χ3n) is 7.93. The maximum Gasteiger partial charge on any atom is 0.168 e. The van der Waals surface area contributed by atoms with Gasteiger partial charge in [0.2, 0.25) is 0 Å². The zero-order valence-corrected chi connectivity index (χ0v) is 19.8. The minimum Gasteiger partial charge on any atom is -0.381 e. The molecule has 8 heteroatoms. The maximum absolute atomic E-state index is 6.26. The lowest BCUT2D eigenvalue weighted by molar-refractivity contribution is -0.205. The van der Waals surface area contributed by atoms with Gasteiger partial charge in [0.1, 0.15) is 5.60 Å². The molecule has 0 radical (unpaired) electrons. The van der Waals surface area contributed by atoms with E-state index in [0.717, 1.165) is 65.9 Å². The fraction of sp³-hybridized carbons (Fsp3) is 0.680. The second kappa shape index (κ2) is 8.25. The zero-order chi connectivity index (χ0) is 22.5. The summed E-state index contributed by atoms with van der Waals surface area (Å²) in [6.07, 6.45) is 14.0. The number of ether oxygens (including phenoxy) is 2. The van der Waals surface area contributed by atoms with Crippen molar-refractivity contribution < 1.29 is 14.3 Å². The molecule has 0 bridgehead atoms. The molecular weight excluding hydrogens is 418 g/mol. The summed E-state index contributed by atoms with van der Waals surface area (Å²) >= 11 is 0. The summed E-state index contributed by atoms with van der Waals surface area (Å²) < 4.78 is 13.8. The molecule has 0 atom stereocenters. The molecule has 2 aliphatic heterocycles. The first kappa shape index (κ1) is 21.4. The van der Waals surface area contributed by atoms with Gasteiger partial charge in [-0.2, -0.15) is 5.10 Å². The van der Waals surface area contributed by atoms with Crippen molar-refractivity contribution in [2.24, 2.45) is 0 Å². The highest BCUT2D eigenvalue weighted by atomic mass is 16.7. The molecule has 4 heterocycles. The Morgan fingerprint density at radius 3 is 2.61 bits per heavy atom. The van der Waals surface area contributed by atoms with Crippen LogP contribution in [-0.2, 0) is 20.9 Å². The van der Waals surface area contributed by atoms with E-state index in [1.54, 1.807) is 0 Å². The summed E-state index contributed by atoms with van der Waals surface area (Å²) in [7, 11) is 0. The van der Waals surface area contributed by atoms with Crippen molar-refractivity contribution in [1.82, 2.24) is 20.2 Å². The van der Waals surface area contributed by atoms with Gasteiger partial charge in [-0.3, -0.25) is 10.3 Å². The Balaban J connectivity index is 1.37. The third-order valence-corrected chi connectivity index (χ3v) is 7.93. The van der Waals surface area contributed by atoms with Crippen molar-refractivity contribution in [1.29, 1.82) is 0 Å². The summed E-state index contributed by atoms with van der Waals surface area (Å²) in [5.74, 6) is -0.399. The lowest BCUT2D eigenvalue weighted by Crippen LogP contribution is -2.43. The van der Waals surface area contributed by atoms with Gasteiger partial charge in [-0.05, 0) is 45.6 Å². The number of aryl methyl sites for hydroxylation is 2. The van der Waals surface area contributed by atoms with Crippen molar-refractivity contribution in [2.75, 3.05) is 18.5 Å². The van der Waals surface area contributed by atoms with E-state index in [1.807, 2.05) is 10.9 Å². The Bertz CT molecular complexity index is 1060. The van der Waals surface area contributed by atoms with Gasteiger partial charge in [-0.15, -0.1) is 0 Å². The van der Waals surface area contributed by atoms with Crippen LogP contribution < -0.4 is 10.8 Å². The molecule has 4 aliphatic rings. The molecule has 2 saturated carbocycles. The van der Waals surface area contributed by atoms with Gasteiger partial charge in [0.15, 0.2) is 11.4 Å². The van der Waals surface area contributed by atoms with E-state index < -0.39 is 5.79 Å². The lowest BCUT2D eigenvalue weighted by atomic mass is 9.80. The third kappa shape index (κ3) is 3.72. The molecule has 33 heavy (non-hydrogen) atoms. The van der Waals surface area contributed by atoms with Crippen LogP contribution >= 0.6 is 0 Å². The van der Waals surface area contributed by atoms with Crippen LogP contribution in [0.3, 0.4) is 0 Å². The SMILES string of the molecule is CCn1ncc2c(NC3CCCCC3)c(C3=CC4(CCC5(CC4)OCCO5)ON3)c(C)nc21. The fourth-order valence-corrected chi connectivity index (χ4v) is 6.05. The molecule has 2 N–H and O–H groups in total. The number of nitrogens with one attached hydrogen (secondary N) is 2. The second-order valence-corrected chi connectivity index (χ2v) is 10.1. The Morgan fingerprint density at radius 1 is 1.12 bits per heavy atom. The van der Waals surface area contributed by atoms with Crippen molar-refractivity contribution in [3.05, 3.63) is 23.5 Å². The quantitative estimate of drug-likeness (QED) is 0.708. The van der Waals surface area contributed by atoms with Crippen LogP contribution in [0.2, 0.25) is 0 Å². The van der Waals surface area contributed by atoms with Crippen molar-refractivity contribution in [2.45, 2.75) is 95.6 Å². The van der Waals surface area contributed by atoms with E-state index >= 15 is 0 Å². The normalized spacial score (nSPS) is 24.5. The minimum atomic E-state index is -0.399. The summed E-state index contributed by atoms with van der Waals surface area (Å²) in [5.41, 5.74) is 8.15. The van der Waals surface area contributed by atoms with Crippen LogP contribution in [0.5, 0.6) is 0 Å². The molecule has 3 fully saturated rings. The smallest absolute Gasteiger partial charge is 0.168 e. The number of hydrogen-bond donors (Lipinski definition) is 2. The first-order valence-corrected chi connectivity index (χ1v) is 12.7. The molecule has 0 amide bonds. The topological polar surface area (TPSA) is 82.5 Å². The number of hydrogen-bond acceptors (Lipinski definition) is 7. The van der Waals surface area contributed by atoms with E-state index in [1.165, 1.54) is 32.1 Å².